The molecule has 0 unspecified atom stereocenters. The fourth-order valence-electron chi connectivity index (χ4n) is 6.83. The molecule has 0 bridgehead atoms. The van der Waals surface area contributed by atoms with Gasteiger partial charge in [-0.3, -0.25) is 4.79 Å². The summed E-state index contributed by atoms with van der Waals surface area (Å²) < 4.78 is 16.5. The number of rotatable bonds is 7. The van der Waals surface area contributed by atoms with E-state index in [-0.39, 0.29) is 17.8 Å². The predicted molar refractivity (Wildman–Crippen MR) is 153 cm³/mol. The Morgan fingerprint density at radius 2 is 1.82 bits per heavy atom. The molecular weight excluding hydrogens is 475 g/mol. The standard InChI is InChI=1S/C32H45FN4O/c1-22(2)36(4)32(38)28-18-25(33)12-15-30(28)37-21-29(27-16-17-34-19-31(27)37)24-10-13-26(14-11-24)35(3)20-23-8-6-5-7-9-23/h12,15-16,18-19,21-24,26,34H,5-11,13-14,17,20H2,1-4H3. The first-order valence-corrected chi connectivity index (χ1v) is 14.8. The van der Waals surface area contributed by atoms with Gasteiger partial charge in [-0.15, -0.1) is 0 Å². The number of aromatic nitrogens is 1. The lowest BCUT2D eigenvalue weighted by molar-refractivity contribution is 0.0754. The second-order valence-corrected chi connectivity index (χ2v) is 12.1. The van der Waals surface area contributed by atoms with Crippen LogP contribution in [0, 0.1) is 11.7 Å². The summed E-state index contributed by atoms with van der Waals surface area (Å²) in [5, 5.41) is 5.67. The smallest absolute Gasteiger partial charge is 0.256 e. The van der Waals surface area contributed by atoms with Crippen molar-refractivity contribution in [3.05, 3.63) is 51.9 Å². The van der Waals surface area contributed by atoms with Gasteiger partial charge in [0.15, 0.2) is 0 Å². The summed E-state index contributed by atoms with van der Waals surface area (Å²) in [6.45, 7) is 6.00. The van der Waals surface area contributed by atoms with Crippen LogP contribution in [0.4, 0.5) is 4.39 Å². The van der Waals surface area contributed by atoms with Crippen molar-refractivity contribution < 1.29 is 9.18 Å². The molecule has 0 spiro atoms. The summed E-state index contributed by atoms with van der Waals surface area (Å²) in [6.07, 6.45) is 18.4. The van der Waals surface area contributed by atoms with Crippen LogP contribution in [0.5, 0.6) is 0 Å². The van der Waals surface area contributed by atoms with Crippen LogP contribution in [0.15, 0.2) is 24.4 Å². The van der Waals surface area contributed by atoms with Crippen LogP contribution >= 0.6 is 0 Å². The number of benzene rings is 1. The molecule has 0 saturated heterocycles. The third-order valence-electron chi connectivity index (χ3n) is 9.35. The van der Waals surface area contributed by atoms with E-state index >= 15 is 0 Å². The molecule has 1 amide bonds. The van der Waals surface area contributed by atoms with E-state index in [0.29, 0.717) is 17.5 Å². The number of nitrogens with one attached hydrogen (secondary N) is 1. The van der Waals surface area contributed by atoms with Crippen LogP contribution < -0.4 is 15.9 Å². The summed E-state index contributed by atoms with van der Waals surface area (Å²) in [6, 6.07) is 5.30. The minimum absolute atomic E-state index is 0.0285. The maximum Gasteiger partial charge on any atom is 0.256 e. The lowest BCUT2D eigenvalue weighted by Crippen LogP contribution is -2.40. The van der Waals surface area contributed by atoms with E-state index in [1.807, 2.05) is 20.0 Å². The number of halogens is 1. The van der Waals surface area contributed by atoms with E-state index in [9.17, 15) is 9.18 Å². The highest BCUT2D eigenvalue weighted by molar-refractivity contribution is 5.98. The monoisotopic (exact) mass is 520 g/mol. The second kappa shape index (κ2) is 11.6. The van der Waals surface area contributed by atoms with Crippen molar-refractivity contribution in [1.29, 1.82) is 0 Å². The number of carbonyl (C=O) groups is 1. The third-order valence-corrected chi connectivity index (χ3v) is 9.35. The number of hydrogen-bond acceptors (Lipinski definition) is 3. The first-order valence-electron chi connectivity index (χ1n) is 14.8. The zero-order valence-electron chi connectivity index (χ0n) is 23.7. The number of nitrogens with zero attached hydrogens (tertiary/aromatic N) is 3. The van der Waals surface area contributed by atoms with Gasteiger partial charge in [-0.25, -0.2) is 4.39 Å². The van der Waals surface area contributed by atoms with Crippen LogP contribution in [-0.4, -0.2) is 59.5 Å². The van der Waals surface area contributed by atoms with Gasteiger partial charge in [0.1, 0.15) is 5.82 Å². The van der Waals surface area contributed by atoms with Crippen molar-refractivity contribution >= 4 is 18.2 Å². The van der Waals surface area contributed by atoms with Gasteiger partial charge in [-0.05, 0) is 95.0 Å². The summed E-state index contributed by atoms with van der Waals surface area (Å²) in [7, 11) is 4.12. The van der Waals surface area contributed by atoms with Crippen molar-refractivity contribution in [2.45, 2.75) is 89.6 Å². The van der Waals surface area contributed by atoms with Crippen LogP contribution in [0.1, 0.15) is 93.5 Å². The van der Waals surface area contributed by atoms with Crippen LogP contribution in [0.2, 0.25) is 0 Å². The average Bonchev–Trinajstić information content (AvgIpc) is 3.32. The topological polar surface area (TPSA) is 40.5 Å². The molecule has 0 atom stereocenters. The molecule has 1 N–H and O–H groups in total. The number of amides is 1. The van der Waals surface area contributed by atoms with Crippen LogP contribution in [0.3, 0.4) is 0 Å². The van der Waals surface area contributed by atoms with Crippen molar-refractivity contribution in [1.82, 2.24) is 19.7 Å². The highest BCUT2D eigenvalue weighted by Gasteiger charge is 2.29. The average molecular weight is 521 g/mol. The molecule has 2 aromatic rings. The van der Waals surface area contributed by atoms with Crippen molar-refractivity contribution in [2.75, 3.05) is 27.2 Å². The van der Waals surface area contributed by atoms with E-state index in [4.69, 9.17) is 0 Å². The predicted octanol–water partition coefficient (Wildman–Crippen LogP) is 4.76. The largest absolute Gasteiger partial charge is 0.386 e. The Hall–Kier alpha value is -2.60. The lowest BCUT2D eigenvalue weighted by atomic mass is 9.81. The molecule has 206 valence electrons. The minimum atomic E-state index is -0.389. The van der Waals surface area contributed by atoms with Gasteiger partial charge < -0.3 is 19.7 Å². The van der Waals surface area contributed by atoms with Gasteiger partial charge >= 0.3 is 0 Å². The van der Waals surface area contributed by atoms with E-state index < -0.39 is 0 Å². The maximum absolute atomic E-state index is 14.4. The van der Waals surface area contributed by atoms with Gasteiger partial charge in [0.2, 0.25) is 0 Å². The molecule has 2 fully saturated rings. The van der Waals surface area contributed by atoms with E-state index in [1.54, 1.807) is 18.0 Å². The number of carbonyl (C=O) groups excluding carboxylic acids is 1. The zero-order chi connectivity index (χ0) is 26.8. The molecule has 1 aliphatic heterocycles. The summed E-state index contributed by atoms with van der Waals surface area (Å²) >= 11 is 0. The highest BCUT2D eigenvalue weighted by Crippen LogP contribution is 2.35. The Morgan fingerprint density at radius 1 is 1.08 bits per heavy atom. The zero-order valence-corrected chi connectivity index (χ0v) is 23.7. The molecule has 6 heteroatoms. The number of hydrogen-bond donors (Lipinski definition) is 1. The summed E-state index contributed by atoms with van der Waals surface area (Å²) in [5.41, 5.74) is 2.50. The van der Waals surface area contributed by atoms with Gasteiger partial charge in [-0.2, -0.15) is 0 Å². The van der Waals surface area contributed by atoms with Gasteiger partial charge in [0.05, 0.1) is 16.6 Å². The lowest BCUT2D eigenvalue weighted by Gasteiger charge is -2.37. The second-order valence-electron chi connectivity index (χ2n) is 12.1. The molecule has 2 saturated carbocycles. The van der Waals surface area contributed by atoms with E-state index in [0.717, 1.165) is 23.5 Å². The molecule has 2 heterocycles. The fourth-order valence-corrected chi connectivity index (χ4v) is 6.83. The Balaban J connectivity index is 1.40. The van der Waals surface area contributed by atoms with Crippen molar-refractivity contribution in [2.24, 2.45) is 5.92 Å². The fraction of sp³-hybridized carbons (Fsp3) is 0.594. The molecule has 38 heavy (non-hydrogen) atoms. The Morgan fingerprint density at radius 3 is 2.53 bits per heavy atom. The third kappa shape index (κ3) is 5.56. The summed E-state index contributed by atoms with van der Waals surface area (Å²) in [4.78, 5) is 17.7. The maximum atomic E-state index is 14.4. The molecule has 3 aliphatic rings. The van der Waals surface area contributed by atoms with E-state index in [1.165, 1.54) is 87.2 Å². The van der Waals surface area contributed by atoms with E-state index in [2.05, 4.69) is 34.1 Å². The van der Waals surface area contributed by atoms with Crippen LogP contribution in [0.25, 0.3) is 18.0 Å². The Bertz CT molecular complexity index is 1250. The molecular formula is C32H45FN4O. The molecule has 5 rings (SSSR count). The number of fused-ring (bicyclic) bond motifs is 1. The van der Waals surface area contributed by atoms with Crippen LogP contribution in [-0.2, 0) is 0 Å². The molecule has 0 radical (unpaired) electrons. The Labute approximate surface area is 227 Å². The van der Waals surface area contributed by atoms with Gasteiger partial charge in [-0.1, -0.05) is 25.3 Å². The normalized spacial score (nSPS) is 22.0. The Kier molecular flexibility index (Phi) is 8.27. The van der Waals surface area contributed by atoms with Gasteiger partial charge in [0.25, 0.3) is 5.91 Å². The van der Waals surface area contributed by atoms with Crippen molar-refractivity contribution in [3.63, 3.8) is 0 Å². The molecule has 1 aromatic heterocycles. The summed E-state index contributed by atoms with van der Waals surface area (Å²) in [5.74, 6) is 0.838. The molecule has 2 aliphatic carbocycles. The first-order chi connectivity index (χ1) is 18.3. The minimum Gasteiger partial charge on any atom is -0.386 e. The van der Waals surface area contributed by atoms with Gasteiger partial charge in [0, 0.05) is 49.8 Å². The first kappa shape index (κ1) is 27.0. The SMILES string of the molecule is CC(C)N(C)C(=O)c1cc(F)ccc1-n1cc(C2CCC(N(C)CC3CCCCC3)CC2)c2c1=CNCC=2. The molecule has 5 nitrogen and oxygen atoms in total. The highest BCUT2D eigenvalue weighted by atomic mass is 19.1. The van der Waals surface area contributed by atoms with Crippen molar-refractivity contribution in [3.8, 4) is 5.69 Å². The quantitative estimate of drug-likeness (QED) is 0.573. The molecule has 1 aromatic carbocycles.